The molecule has 0 aliphatic carbocycles. The second kappa shape index (κ2) is 8.54. The Morgan fingerprint density at radius 2 is 1.69 bits per heavy atom. The van der Waals surface area contributed by atoms with Gasteiger partial charge in [-0.3, -0.25) is 9.59 Å². The fraction of sp³-hybridized carbons (Fsp3) is 0.364. The molecule has 2 atom stereocenters. The first-order valence-electron chi connectivity index (χ1n) is 9.11. The van der Waals surface area contributed by atoms with Gasteiger partial charge in [-0.15, -0.1) is 11.8 Å². The van der Waals surface area contributed by atoms with Gasteiger partial charge in [-0.25, -0.2) is 0 Å². The quantitative estimate of drug-likeness (QED) is 0.515. The van der Waals surface area contributed by atoms with Gasteiger partial charge in [-0.2, -0.15) is 0 Å². The number of hydrogen-bond acceptors (Lipinski definition) is 4. The van der Waals surface area contributed by atoms with Crippen LogP contribution >= 0.6 is 11.8 Å². The minimum atomic E-state index is -0.810. The molecule has 1 aliphatic heterocycles. The summed E-state index contributed by atoms with van der Waals surface area (Å²) < 4.78 is 5.95. The summed E-state index contributed by atoms with van der Waals surface area (Å²) in [6.45, 7) is 2.10. The van der Waals surface area contributed by atoms with Crippen LogP contribution in [0.1, 0.15) is 43.7 Å². The standard InChI is InChI=1S/C22H24O3S/c1-2-3-14-22(18-12-8-5-9-13-18)15-19(23)20(21(24)25-22)26-16-17-10-6-4-7-11-17/h4-13,20H,2-3,14-16H2,1H3. The second-order valence-electron chi connectivity index (χ2n) is 6.70. The number of unbranched alkanes of at least 4 members (excludes halogenated alkanes) is 1. The third-order valence-electron chi connectivity index (χ3n) is 4.76. The van der Waals surface area contributed by atoms with Crippen LogP contribution in [0.15, 0.2) is 60.7 Å². The number of carbonyl (C=O) groups is 2. The Morgan fingerprint density at radius 1 is 1.04 bits per heavy atom. The van der Waals surface area contributed by atoms with Gasteiger partial charge in [0.2, 0.25) is 0 Å². The second-order valence-corrected chi connectivity index (χ2v) is 7.80. The van der Waals surface area contributed by atoms with E-state index in [2.05, 4.69) is 6.92 Å². The zero-order chi connectivity index (χ0) is 18.4. The third kappa shape index (κ3) is 4.18. The van der Waals surface area contributed by atoms with Gasteiger partial charge in [-0.1, -0.05) is 74.0 Å². The smallest absolute Gasteiger partial charge is 0.327 e. The molecule has 2 aromatic rings. The third-order valence-corrected chi connectivity index (χ3v) is 6.04. The number of thioether (sulfide) groups is 1. The molecule has 1 aliphatic rings. The highest BCUT2D eigenvalue weighted by Gasteiger charge is 2.47. The maximum absolute atomic E-state index is 12.9. The SMILES string of the molecule is CCCCC1(c2ccccc2)CC(=O)C(SCc2ccccc2)C(=O)O1. The number of carbonyl (C=O) groups excluding carboxylic acids is 2. The number of cyclic esters (lactones) is 1. The van der Waals surface area contributed by atoms with Crippen LogP contribution in [0.25, 0.3) is 0 Å². The molecular weight excluding hydrogens is 344 g/mol. The molecule has 26 heavy (non-hydrogen) atoms. The van der Waals surface area contributed by atoms with E-state index in [9.17, 15) is 9.59 Å². The van der Waals surface area contributed by atoms with Gasteiger partial charge in [0.15, 0.2) is 11.0 Å². The first-order chi connectivity index (χ1) is 12.6. The highest BCUT2D eigenvalue weighted by Crippen LogP contribution is 2.41. The lowest BCUT2D eigenvalue weighted by Gasteiger charge is -2.39. The summed E-state index contributed by atoms with van der Waals surface area (Å²) in [5.74, 6) is 0.198. The Balaban J connectivity index is 1.76. The average Bonchev–Trinajstić information content (AvgIpc) is 2.67. The first kappa shape index (κ1) is 18.7. The summed E-state index contributed by atoms with van der Waals surface area (Å²) in [6, 6.07) is 19.6. The number of benzene rings is 2. The summed E-state index contributed by atoms with van der Waals surface area (Å²) in [7, 11) is 0. The fourth-order valence-electron chi connectivity index (χ4n) is 3.35. The maximum atomic E-state index is 12.9. The summed E-state index contributed by atoms with van der Waals surface area (Å²) in [6.07, 6.45) is 2.85. The van der Waals surface area contributed by atoms with Crippen molar-refractivity contribution in [3.63, 3.8) is 0 Å². The Bertz CT molecular complexity index is 724. The Hall–Kier alpha value is -2.07. The van der Waals surface area contributed by atoms with Gasteiger partial charge in [0.1, 0.15) is 5.60 Å². The zero-order valence-electron chi connectivity index (χ0n) is 15.0. The van der Waals surface area contributed by atoms with Crippen molar-refractivity contribution in [2.45, 2.75) is 49.2 Å². The monoisotopic (exact) mass is 368 g/mol. The molecule has 3 nitrogen and oxygen atoms in total. The van der Waals surface area contributed by atoms with Crippen LogP contribution in [-0.2, 0) is 25.7 Å². The molecule has 0 bridgehead atoms. The molecule has 0 spiro atoms. The predicted octanol–water partition coefficient (Wildman–Crippen LogP) is 4.89. The van der Waals surface area contributed by atoms with Crippen LogP contribution in [0.4, 0.5) is 0 Å². The summed E-state index contributed by atoms with van der Waals surface area (Å²) in [4.78, 5) is 25.6. The van der Waals surface area contributed by atoms with Crippen molar-refractivity contribution in [2.75, 3.05) is 0 Å². The molecule has 4 heteroatoms. The predicted molar refractivity (Wildman–Crippen MR) is 105 cm³/mol. The molecule has 1 saturated heterocycles. The van der Waals surface area contributed by atoms with E-state index in [1.807, 2.05) is 60.7 Å². The number of Topliss-reactive ketones (excluding diaryl/α,β-unsaturated/α-hetero) is 1. The van der Waals surface area contributed by atoms with Crippen LogP contribution in [0.5, 0.6) is 0 Å². The van der Waals surface area contributed by atoms with Gasteiger partial charge in [0, 0.05) is 5.75 Å². The molecule has 2 aromatic carbocycles. The van der Waals surface area contributed by atoms with Crippen molar-refractivity contribution in [2.24, 2.45) is 0 Å². The molecule has 0 saturated carbocycles. The number of hydrogen-bond donors (Lipinski definition) is 0. The van der Waals surface area contributed by atoms with Gasteiger partial charge >= 0.3 is 5.97 Å². The molecule has 136 valence electrons. The van der Waals surface area contributed by atoms with Crippen molar-refractivity contribution >= 4 is 23.5 Å². The summed E-state index contributed by atoms with van der Waals surface area (Å²) in [5, 5.41) is -0.728. The van der Waals surface area contributed by atoms with E-state index in [1.165, 1.54) is 11.8 Å². The largest absolute Gasteiger partial charge is 0.453 e. The highest BCUT2D eigenvalue weighted by atomic mass is 32.2. The molecular formula is C22H24O3S. The lowest BCUT2D eigenvalue weighted by molar-refractivity contribution is -0.172. The number of ketones is 1. The minimum Gasteiger partial charge on any atom is -0.453 e. The van der Waals surface area contributed by atoms with Gasteiger partial charge in [0.25, 0.3) is 0 Å². The molecule has 0 amide bonds. The molecule has 0 aromatic heterocycles. The van der Waals surface area contributed by atoms with E-state index in [-0.39, 0.29) is 12.2 Å². The zero-order valence-corrected chi connectivity index (χ0v) is 15.8. The summed E-state index contributed by atoms with van der Waals surface area (Å²) in [5.41, 5.74) is 1.21. The maximum Gasteiger partial charge on any atom is 0.327 e. The van der Waals surface area contributed by atoms with Crippen molar-refractivity contribution < 1.29 is 14.3 Å². The molecule has 1 heterocycles. The van der Waals surface area contributed by atoms with Crippen LogP contribution in [-0.4, -0.2) is 17.0 Å². The van der Waals surface area contributed by atoms with E-state index >= 15 is 0 Å². The number of esters is 1. The van der Waals surface area contributed by atoms with E-state index in [0.29, 0.717) is 12.2 Å². The lowest BCUT2D eigenvalue weighted by atomic mass is 9.81. The Kier molecular flexibility index (Phi) is 6.15. The van der Waals surface area contributed by atoms with Crippen LogP contribution in [0, 0.1) is 0 Å². The van der Waals surface area contributed by atoms with E-state index in [1.54, 1.807) is 0 Å². The Labute approximate surface area is 159 Å². The lowest BCUT2D eigenvalue weighted by Crippen LogP contribution is -2.47. The minimum absolute atomic E-state index is 0.0258. The van der Waals surface area contributed by atoms with E-state index < -0.39 is 16.8 Å². The number of ether oxygens (including phenoxy) is 1. The molecule has 2 unspecified atom stereocenters. The molecule has 0 radical (unpaired) electrons. The summed E-state index contributed by atoms with van der Waals surface area (Å²) >= 11 is 1.36. The van der Waals surface area contributed by atoms with Gasteiger partial charge < -0.3 is 4.74 Å². The fourth-order valence-corrected chi connectivity index (χ4v) is 4.36. The highest BCUT2D eigenvalue weighted by molar-refractivity contribution is 8.00. The van der Waals surface area contributed by atoms with Gasteiger partial charge in [0.05, 0.1) is 6.42 Å². The van der Waals surface area contributed by atoms with Crippen LogP contribution < -0.4 is 0 Å². The molecule has 0 N–H and O–H groups in total. The van der Waals surface area contributed by atoms with Gasteiger partial charge in [-0.05, 0) is 24.0 Å². The van der Waals surface area contributed by atoms with Crippen LogP contribution in [0.2, 0.25) is 0 Å². The van der Waals surface area contributed by atoms with Crippen LogP contribution in [0.3, 0.4) is 0 Å². The van der Waals surface area contributed by atoms with Crippen molar-refractivity contribution in [1.82, 2.24) is 0 Å². The first-order valence-corrected chi connectivity index (χ1v) is 10.2. The van der Waals surface area contributed by atoms with E-state index in [4.69, 9.17) is 4.74 Å². The van der Waals surface area contributed by atoms with Crippen molar-refractivity contribution in [3.8, 4) is 0 Å². The molecule has 1 fully saturated rings. The van der Waals surface area contributed by atoms with Crippen molar-refractivity contribution in [3.05, 3.63) is 71.8 Å². The molecule has 3 rings (SSSR count). The number of rotatable bonds is 7. The Morgan fingerprint density at radius 3 is 2.31 bits per heavy atom. The van der Waals surface area contributed by atoms with Crippen molar-refractivity contribution in [1.29, 1.82) is 0 Å². The average molecular weight is 368 g/mol. The normalized spacial score (nSPS) is 22.9. The topological polar surface area (TPSA) is 43.4 Å². The van der Waals surface area contributed by atoms with E-state index in [0.717, 1.165) is 24.0 Å².